The summed E-state index contributed by atoms with van der Waals surface area (Å²) in [6.07, 6.45) is 0. The molecule has 0 bridgehead atoms. The Balaban J connectivity index is 1.56. The van der Waals surface area contributed by atoms with E-state index in [4.69, 9.17) is 0 Å². The first-order valence-corrected chi connectivity index (χ1v) is 10.8. The quantitative estimate of drug-likeness (QED) is 0.616. The molecule has 2 aromatic carbocycles. The number of amides is 1. The minimum absolute atomic E-state index is 0.0842. The Labute approximate surface area is 180 Å². The van der Waals surface area contributed by atoms with Gasteiger partial charge in [0.1, 0.15) is 0 Å². The summed E-state index contributed by atoms with van der Waals surface area (Å²) in [5, 5.41) is 14.3. The smallest absolute Gasteiger partial charge is 0.221 e. The number of thioether (sulfide) groups is 1. The summed E-state index contributed by atoms with van der Waals surface area (Å²) < 4.78 is 1.91. The molecule has 1 aromatic heterocycles. The SMILES string of the molecule is CCN(CC)c1ccc(-c2nnc3n2NC(c2ccc(NC(C)=O)cc2)=CS3)cc1. The van der Waals surface area contributed by atoms with Gasteiger partial charge in [-0.15, -0.1) is 10.2 Å². The fourth-order valence-electron chi connectivity index (χ4n) is 3.37. The second kappa shape index (κ2) is 8.62. The van der Waals surface area contributed by atoms with Gasteiger partial charge in [-0.2, -0.15) is 0 Å². The lowest BCUT2D eigenvalue weighted by atomic mass is 10.1. The van der Waals surface area contributed by atoms with E-state index in [0.717, 1.165) is 46.6 Å². The van der Waals surface area contributed by atoms with Crippen LogP contribution in [0.3, 0.4) is 0 Å². The Morgan fingerprint density at radius 1 is 1.03 bits per heavy atom. The molecule has 0 spiro atoms. The van der Waals surface area contributed by atoms with Gasteiger partial charge in [0.15, 0.2) is 5.82 Å². The van der Waals surface area contributed by atoms with Crippen LogP contribution >= 0.6 is 11.8 Å². The predicted molar refractivity (Wildman–Crippen MR) is 123 cm³/mol. The Morgan fingerprint density at radius 3 is 2.33 bits per heavy atom. The Morgan fingerprint density at radius 2 is 1.70 bits per heavy atom. The molecule has 8 heteroatoms. The highest BCUT2D eigenvalue weighted by Gasteiger charge is 2.19. The van der Waals surface area contributed by atoms with E-state index in [-0.39, 0.29) is 5.91 Å². The van der Waals surface area contributed by atoms with E-state index in [0.29, 0.717) is 0 Å². The van der Waals surface area contributed by atoms with Crippen LogP contribution in [0.25, 0.3) is 17.1 Å². The fraction of sp³-hybridized carbons (Fsp3) is 0.227. The number of nitrogens with zero attached hydrogens (tertiary/aromatic N) is 4. The summed E-state index contributed by atoms with van der Waals surface area (Å²) in [6.45, 7) is 7.76. The summed E-state index contributed by atoms with van der Waals surface area (Å²) in [7, 11) is 0. The van der Waals surface area contributed by atoms with Crippen LogP contribution in [0.15, 0.2) is 59.1 Å². The van der Waals surface area contributed by atoms with E-state index >= 15 is 0 Å². The number of nitrogens with one attached hydrogen (secondary N) is 2. The van der Waals surface area contributed by atoms with E-state index in [1.807, 2.05) is 34.3 Å². The predicted octanol–water partition coefficient (Wildman–Crippen LogP) is 4.40. The van der Waals surface area contributed by atoms with Crippen molar-refractivity contribution < 1.29 is 4.79 Å². The second-order valence-corrected chi connectivity index (χ2v) is 7.72. The van der Waals surface area contributed by atoms with Gasteiger partial charge in [0.05, 0.1) is 5.70 Å². The van der Waals surface area contributed by atoms with Gasteiger partial charge >= 0.3 is 0 Å². The molecule has 1 aliphatic rings. The molecule has 30 heavy (non-hydrogen) atoms. The van der Waals surface area contributed by atoms with Gasteiger partial charge in [0.25, 0.3) is 0 Å². The average molecular weight is 421 g/mol. The van der Waals surface area contributed by atoms with Crippen LogP contribution in [-0.4, -0.2) is 33.9 Å². The molecular formula is C22H24N6OS. The first kappa shape index (κ1) is 20.0. The maximum absolute atomic E-state index is 11.2. The number of aromatic nitrogens is 3. The molecule has 154 valence electrons. The van der Waals surface area contributed by atoms with Crippen LogP contribution < -0.4 is 15.6 Å². The van der Waals surface area contributed by atoms with E-state index in [1.54, 1.807) is 0 Å². The summed E-state index contributed by atoms with van der Waals surface area (Å²) in [4.78, 5) is 13.5. The number of anilines is 2. The molecule has 4 rings (SSSR count). The standard InChI is InChI=1S/C22H24N6OS/c1-4-27(5-2)19-12-8-17(9-13-19)21-24-25-22-28(21)26-20(14-30-22)16-6-10-18(11-7-16)23-15(3)29/h6-14,26H,4-5H2,1-3H3,(H,23,29). The van der Waals surface area contributed by atoms with Crippen molar-refractivity contribution >= 4 is 34.7 Å². The van der Waals surface area contributed by atoms with Crippen LogP contribution in [0.1, 0.15) is 26.3 Å². The van der Waals surface area contributed by atoms with Gasteiger partial charge in [-0.1, -0.05) is 23.9 Å². The normalized spacial score (nSPS) is 12.6. The molecular weight excluding hydrogens is 396 g/mol. The number of benzene rings is 2. The molecule has 7 nitrogen and oxygen atoms in total. The van der Waals surface area contributed by atoms with Gasteiger partial charge in [0.2, 0.25) is 11.1 Å². The summed E-state index contributed by atoms with van der Waals surface area (Å²) in [5.74, 6) is 0.683. The molecule has 0 saturated carbocycles. The Kier molecular flexibility index (Phi) is 5.76. The largest absolute Gasteiger partial charge is 0.372 e. The van der Waals surface area contributed by atoms with Crippen molar-refractivity contribution in [2.24, 2.45) is 0 Å². The molecule has 1 amide bonds. The maximum atomic E-state index is 11.2. The molecule has 0 radical (unpaired) electrons. The van der Waals surface area contributed by atoms with Crippen molar-refractivity contribution in [3.05, 3.63) is 59.5 Å². The lowest BCUT2D eigenvalue weighted by molar-refractivity contribution is -0.114. The summed E-state index contributed by atoms with van der Waals surface area (Å²) in [6, 6.07) is 16.1. The van der Waals surface area contributed by atoms with Gasteiger partial charge in [-0.3, -0.25) is 10.2 Å². The third-order valence-electron chi connectivity index (χ3n) is 4.92. The highest BCUT2D eigenvalue weighted by atomic mass is 32.2. The molecule has 0 saturated heterocycles. The topological polar surface area (TPSA) is 75.1 Å². The number of hydrogen-bond acceptors (Lipinski definition) is 6. The molecule has 0 unspecified atom stereocenters. The number of fused-ring (bicyclic) bond motifs is 1. The lowest BCUT2D eigenvalue weighted by Crippen LogP contribution is -2.21. The third kappa shape index (κ3) is 4.04. The van der Waals surface area contributed by atoms with E-state index in [1.165, 1.54) is 24.4 Å². The molecule has 0 atom stereocenters. The van der Waals surface area contributed by atoms with Crippen LogP contribution in [0.5, 0.6) is 0 Å². The zero-order valence-corrected chi connectivity index (χ0v) is 18.0. The van der Waals surface area contributed by atoms with E-state index in [2.05, 4.69) is 64.0 Å². The third-order valence-corrected chi connectivity index (χ3v) is 5.75. The minimum Gasteiger partial charge on any atom is -0.372 e. The first-order valence-electron chi connectivity index (χ1n) is 9.91. The van der Waals surface area contributed by atoms with Crippen molar-refractivity contribution in [2.75, 3.05) is 28.7 Å². The van der Waals surface area contributed by atoms with Crippen LogP contribution in [0, 0.1) is 0 Å². The van der Waals surface area contributed by atoms with Crippen LogP contribution in [0.2, 0.25) is 0 Å². The van der Waals surface area contributed by atoms with Gasteiger partial charge in [-0.25, -0.2) is 4.68 Å². The van der Waals surface area contributed by atoms with Crippen molar-refractivity contribution in [1.82, 2.24) is 14.9 Å². The molecule has 0 fully saturated rings. The highest BCUT2D eigenvalue weighted by molar-refractivity contribution is 8.02. The number of carbonyl (C=O) groups is 1. The van der Waals surface area contributed by atoms with Crippen LogP contribution in [-0.2, 0) is 4.79 Å². The minimum atomic E-state index is -0.0842. The summed E-state index contributed by atoms with van der Waals surface area (Å²) in [5.41, 5.74) is 8.35. The zero-order valence-electron chi connectivity index (χ0n) is 17.2. The molecule has 3 aromatic rings. The van der Waals surface area contributed by atoms with Gasteiger partial charge in [-0.05, 0) is 50.2 Å². The Hall–Kier alpha value is -3.26. The number of carbonyl (C=O) groups excluding carboxylic acids is 1. The fourth-order valence-corrected chi connectivity index (χ4v) is 4.11. The lowest BCUT2D eigenvalue weighted by Gasteiger charge is -2.21. The first-order chi connectivity index (χ1) is 14.6. The second-order valence-electron chi connectivity index (χ2n) is 6.88. The number of rotatable bonds is 6. The zero-order chi connectivity index (χ0) is 21.1. The average Bonchev–Trinajstić information content (AvgIpc) is 3.18. The highest BCUT2D eigenvalue weighted by Crippen LogP contribution is 2.32. The van der Waals surface area contributed by atoms with Crippen molar-refractivity contribution in [1.29, 1.82) is 0 Å². The van der Waals surface area contributed by atoms with E-state index < -0.39 is 0 Å². The van der Waals surface area contributed by atoms with Gasteiger partial charge < -0.3 is 10.2 Å². The van der Waals surface area contributed by atoms with E-state index in [9.17, 15) is 4.79 Å². The van der Waals surface area contributed by atoms with Gasteiger partial charge in [0, 0.05) is 47.9 Å². The monoisotopic (exact) mass is 420 g/mol. The maximum Gasteiger partial charge on any atom is 0.221 e. The number of hydrogen-bond donors (Lipinski definition) is 2. The molecule has 2 heterocycles. The van der Waals surface area contributed by atoms with Crippen molar-refractivity contribution in [3.8, 4) is 11.4 Å². The molecule has 2 N–H and O–H groups in total. The van der Waals surface area contributed by atoms with Crippen molar-refractivity contribution in [3.63, 3.8) is 0 Å². The molecule has 0 aliphatic carbocycles. The van der Waals surface area contributed by atoms with Crippen molar-refractivity contribution in [2.45, 2.75) is 25.9 Å². The molecule has 1 aliphatic heterocycles. The van der Waals surface area contributed by atoms with Crippen LogP contribution in [0.4, 0.5) is 11.4 Å². The summed E-state index contributed by atoms with van der Waals surface area (Å²) >= 11 is 1.52. The Bertz CT molecular complexity index is 1070.